The lowest BCUT2D eigenvalue weighted by molar-refractivity contribution is 0.288. The number of benzene rings is 1. The number of aliphatic hydroxyl groups is 1. The lowest BCUT2D eigenvalue weighted by Crippen LogP contribution is -2.24. The second kappa shape index (κ2) is 6.05. The number of aliphatic hydroxyl groups excluding tert-OH is 1. The van der Waals surface area contributed by atoms with Crippen molar-refractivity contribution in [3.8, 4) is 0 Å². The number of hydrogen-bond acceptors (Lipinski definition) is 5. The standard InChI is InChI=1S/C15H19N3O2/c19-10-4-9-18(13-5-2-1-3-6-13)11-14-16-15(17-20-14)12-7-8-12/h1-3,5-6,12,19H,4,7-11H2. The Kier molecular flexibility index (Phi) is 3.97. The highest BCUT2D eigenvalue weighted by Crippen LogP contribution is 2.38. The van der Waals surface area contributed by atoms with Crippen LogP contribution in [0.4, 0.5) is 5.69 Å². The monoisotopic (exact) mass is 273 g/mol. The van der Waals surface area contributed by atoms with Gasteiger partial charge in [0.1, 0.15) is 0 Å². The molecule has 0 bridgehead atoms. The van der Waals surface area contributed by atoms with Crippen molar-refractivity contribution in [1.82, 2.24) is 10.1 Å². The van der Waals surface area contributed by atoms with Crippen molar-refractivity contribution in [2.75, 3.05) is 18.1 Å². The fourth-order valence-corrected chi connectivity index (χ4v) is 2.20. The van der Waals surface area contributed by atoms with Crippen molar-refractivity contribution >= 4 is 5.69 Å². The van der Waals surface area contributed by atoms with Gasteiger partial charge in [-0.05, 0) is 31.4 Å². The molecule has 1 aromatic heterocycles. The van der Waals surface area contributed by atoms with Crippen LogP contribution in [0.15, 0.2) is 34.9 Å². The summed E-state index contributed by atoms with van der Waals surface area (Å²) in [5.41, 5.74) is 1.10. The Morgan fingerprint density at radius 1 is 1.25 bits per heavy atom. The van der Waals surface area contributed by atoms with Gasteiger partial charge in [-0.2, -0.15) is 4.98 Å². The summed E-state index contributed by atoms with van der Waals surface area (Å²) < 4.78 is 5.33. The van der Waals surface area contributed by atoms with Crippen LogP contribution in [0.2, 0.25) is 0 Å². The molecule has 1 aliphatic carbocycles. The molecular weight excluding hydrogens is 254 g/mol. The van der Waals surface area contributed by atoms with Gasteiger partial charge in [0.15, 0.2) is 5.82 Å². The first-order valence-corrected chi connectivity index (χ1v) is 7.10. The van der Waals surface area contributed by atoms with Crippen molar-refractivity contribution < 1.29 is 9.63 Å². The highest BCUT2D eigenvalue weighted by Gasteiger charge is 2.29. The number of para-hydroxylation sites is 1. The van der Waals surface area contributed by atoms with Crippen LogP contribution in [-0.4, -0.2) is 28.4 Å². The molecule has 1 heterocycles. The van der Waals surface area contributed by atoms with E-state index in [1.807, 2.05) is 18.2 Å². The smallest absolute Gasteiger partial charge is 0.246 e. The quantitative estimate of drug-likeness (QED) is 0.839. The zero-order valence-electron chi connectivity index (χ0n) is 11.4. The Balaban J connectivity index is 1.71. The van der Waals surface area contributed by atoms with Gasteiger partial charge in [0.25, 0.3) is 0 Å². The third kappa shape index (κ3) is 3.17. The molecule has 5 heteroatoms. The molecule has 1 fully saturated rings. The summed E-state index contributed by atoms with van der Waals surface area (Å²) in [4.78, 5) is 6.62. The fourth-order valence-electron chi connectivity index (χ4n) is 2.20. The van der Waals surface area contributed by atoms with E-state index >= 15 is 0 Å². The average Bonchev–Trinajstić information content (AvgIpc) is 3.24. The largest absolute Gasteiger partial charge is 0.396 e. The molecule has 0 spiro atoms. The second-order valence-corrected chi connectivity index (χ2v) is 5.15. The first-order chi connectivity index (χ1) is 9.86. The van der Waals surface area contributed by atoms with E-state index in [9.17, 15) is 0 Å². The van der Waals surface area contributed by atoms with Gasteiger partial charge in [-0.3, -0.25) is 0 Å². The summed E-state index contributed by atoms with van der Waals surface area (Å²) in [6.07, 6.45) is 3.07. The molecular formula is C15H19N3O2. The molecule has 1 aromatic carbocycles. The SMILES string of the molecule is OCCCN(Cc1nc(C2CC2)no1)c1ccccc1. The van der Waals surface area contributed by atoms with E-state index in [4.69, 9.17) is 9.63 Å². The van der Waals surface area contributed by atoms with Gasteiger partial charge in [0, 0.05) is 24.8 Å². The molecule has 1 saturated carbocycles. The predicted octanol–water partition coefficient (Wildman–Crippen LogP) is 2.34. The van der Waals surface area contributed by atoms with Gasteiger partial charge in [0.05, 0.1) is 6.54 Å². The third-order valence-corrected chi connectivity index (χ3v) is 3.46. The van der Waals surface area contributed by atoms with E-state index in [1.54, 1.807) is 0 Å². The van der Waals surface area contributed by atoms with Crippen molar-refractivity contribution in [2.24, 2.45) is 0 Å². The maximum absolute atomic E-state index is 9.04. The summed E-state index contributed by atoms with van der Waals surface area (Å²) in [7, 11) is 0. The Labute approximate surface area is 118 Å². The number of anilines is 1. The van der Waals surface area contributed by atoms with Crippen molar-refractivity contribution in [3.05, 3.63) is 42.0 Å². The zero-order chi connectivity index (χ0) is 13.8. The lowest BCUT2D eigenvalue weighted by atomic mass is 10.2. The van der Waals surface area contributed by atoms with Crippen LogP contribution in [0.5, 0.6) is 0 Å². The Bertz CT molecular complexity index is 537. The Morgan fingerprint density at radius 2 is 2.05 bits per heavy atom. The fraction of sp³-hybridized carbons (Fsp3) is 0.467. The topological polar surface area (TPSA) is 62.4 Å². The third-order valence-electron chi connectivity index (χ3n) is 3.46. The van der Waals surface area contributed by atoms with Crippen molar-refractivity contribution in [2.45, 2.75) is 31.7 Å². The summed E-state index contributed by atoms with van der Waals surface area (Å²) in [5.74, 6) is 2.00. The minimum absolute atomic E-state index is 0.181. The van der Waals surface area contributed by atoms with Crippen LogP contribution < -0.4 is 4.90 Å². The highest BCUT2D eigenvalue weighted by atomic mass is 16.5. The van der Waals surface area contributed by atoms with Crippen LogP contribution in [0.1, 0.15) is 36.9 Å². The molecule has 0 amide bonds. The normalized spacial score (nSPS) is 14.4. The number of rotatable bonds is 7. The van der Waals surface area contributed by atoms with Crippen LogP contribution in [0, 0.1) is 0 Å². The molecule has 0 unspecified atom stereocenters. The van der Waals surface area contributed by atoms with E-state index in [1.165, 1.54) is 12.8 Å². The lowest BCUT2D eigenvalue weighted by Gasteiger charge is -2.22. The predicted molar refractivity (Wildman–Crippen MR) is 75.5 cm³/mol. The summed E-state index contributed by atoms with van der Waals surface area (Å²) in [6, 6.07) is 10.1. The highest BCUT2D eigenvalue weighted by molar-refractivity contribution is 5.45. The van der Waals surface area contributed by atoms with Crippen molar-refractivity contribution in [3.63, 3.8) is 0 Å². The minimum atomic E-state index is 0.181. The van der Waals surface area contributed by atoms with Gasteiger partial charge in [-0.15, -0.1) is 0 Å². The maximum Gasteiger partial charge on any atom is 0.246 e. The molecule has 0 saturated heterocycles. The number of hydrogen-bond donors (Lipinski definition) is 1. The number of aromatic nitrogens is 2. The maximum atomic E-state index is 9.04. The molecule has 0 radical (unpaired) electrons. The van der Waals surface area contributed by atoms with E-state index in [0.717, 1.165) is 24.5 Å². The summed E-state index contributed by atoms with van der Waals surface area (Å²) in [5, 5.41) is 13.1. The summed E-state index contributed by atoms with van der Waals surface area (Å²) in [6.45, 7) is 1.53. The average molecular weight is 273 g/mol. The Morgan fingerprint density at radius 3 is 2.75 bits per heavy atom. The molecule has 0 aliphatic heterocycles. The van der Waals surface area contributed by atoms with E-state index in [-0.39, 0.29) is 6.61 Å². The van der Waals surface area contributed by atoms with Crippen molar-refractivity contribution in [1.29, 1.82) is 0 Å². The molecule has 3 rings (SSSR count). The number of nitrogens with zero attached hydrogens (tertiary/aromatic N) is 3. The Hall–Kier alpha value is -1.88. The molecule has 1 aliphatic rings. The van der Waals surface area contributed by atoms with Gasteiger partial charge in [0.2, 0.25) is 5.89 Å². The molecule has 0 atom stereocenters. The van der Waals surface area contributed by atoms with Gasteiger partial charge in [-0.25, -0.2) is 0 Å². The zero-order valence-corrected chi connectivity index (χ0v) is 11.4. The van der Waals surface area contributed by atoms with Gasteiger partial charge >= 0.3 is 0 Å². The van der Waals surface area contributed by atoms with E-state index in [0.29, 0.717) is 18.4 Å². The van der Waals surface area contributed by atoms with Crippen LogP contribution >= 0.6 is 0 Å². The van der Waals surface area contributed by atoms with E-state index in [2.05, 4.69) is 27.2 Å². The first kappa shape index (κ1) is 13.1. The van der Waals surface area contributed by atoms with Gasteiger partial charge < -0.3 is 14.5 Å². The molecule has 1 N–H and O–H groups in total. The van der Waals surface area contributed by atoms with Crippen LogP contribution in [-0.2, 0) is 6.54 Å². The molecule has 5 nitrogen and oxygen atoms in total. The van der Waals surface area contributed by atoms with Gasteiger partial charge in [-0.1, -0.05) is 23.4 Å². The molecule has 2 aromatic rings. The molecule has 106 valence electrons. The second-order valence-electron chi connectivity index (χ2n) is 5.15. The summed E-state index contributed by atoms with van der Waals surface area (Å²) >= 11 is 0. The van der Waals surface area contributed by atoms with E-state index < -0.39 is 0 Å². The molecule has 20 heavy (non-hydrogen) atoms. The van der Waals surface area contributed by atoms with Crippen LogP contribution in [0.25, 0.3) is 0 Å². The minimum Gasteiger partial charge on any atom is -0.396 e. The van der Waals surface area contributed by atoms with Crippen LogP contribution in [0.3, 0.4) is 0 Å². The first-order valence-electron chi connectivity index (χ1n) is 7.10.